The predicted octanol–water partition coefficient (Wildman–Crippen LogP) is 3.76. The fraction of sp³-hybridized carbons (Fsp3) is 0.0526. The highest BCUT2D eigenvalue weighted by molar-refractivity contribution is 5.87. The van der Waals surface area contributed by atoms with Crippen molar-refractivity contribution in [1.29, 1.82) is 0 Å². The molecule has 0 aliphatic rings. The van der Waals surface area contributed by atoms with E-state index >= 15 is 0 Å². The van der Waals surface area contributed by atoms with Gasteiger partial charge in [0.05, 0.1) is 5.69 Å². The van der Waals surface area contributed by atoms with E-state index in [1.165, 1.54) is 0 Å². The van der Waals surface area contributed by atoms with Gasteiger partial charge in [0.1, 0.15) is 5.82 Å². The first-order valence-corrected chi connectivity index (χ1v) is 7.36. The maximum absolute atomic E-state index is 11.1. The summed E-state index contributed by atoms with van der Waals surface area (Å²) >= 11 is 0. The monoisotopic (exact) mass is 303 g/mol. The number of rotatable bonds is 5. The van der Waals surface area contributed by atoms with Gasteiger partial charge in [0.15, 0.2) is 6.29 Å². The summed E-state index contributed by atoms with van der Waals surface area (Å²) in [5, 5.41) is 3.22. The van der Waals surface area contributed by atoms with Crippen LogP contribution in [0.4, 0.5) is 11.5 Å². The fourth-order valence-corrected chi connectivity index (χ4v) is 2.42. The number of carbonyl (C=O) groups is 1. The number of nitrogen functional groups attached to an aromatic ring is 1. The number of hydrogen-bond acceptors (Lipinski definition) is 4. The lowest BCUT2D eigenvalue weighted by molar-refractivity contribution is 0.112. The van der Waals surface area contributed by atoms with Gasteiger partial charge in [-0.05, 0) is 28.8 Å². The Morgan fingerprint density at radius 3 is 2.52 bits per heavy atom. The minimum Gasteiger partial charge on any atom is -0.396 e. The Morgan fingerprint density at radius 2 is 1.78 bits per heavy atom. The first kappa shape index (κ1) is 14.8. The number of pyridine rings is 1. The summed E-state index contributed by atoms with van der Waals surface area (Å²) in [5.41, 5.74) is 10.3. The average molecular weight is 303 g/mol. The number of carbonyl (C=O) groups excluding carboxylic acids is 1. The average Bonchev–Trinajstić information content (AvgIpc) is 2.61. The summed E-state index contributed by atoms with van der Waals surface area (Å²) in [6.07, 6.45) is 2.59. The minimum absolute atomic E-state index is 0.629. The van der Waals surface area contributed by atoms with Crippen LogP contribution in [-0.4, -0.2) is 11.3 Å². The van der Waals surface area contributed by atoms with Crippen molar-refractivity contribution in [3.05, 3.63) is 78.0 Å². The quantitative estimate of drug-likeness (QED) is 0.704. The van der Waals surface area contributed by atoms with E-state index in [4.69, 9.17) is 5.73 Å². The number of anilines is 2. The van der Waals surface area contributed by atoms with Crippen molar-refractivity contribution < 1.29 is 4.79 Å². The molecule has 3 N–H and O–H groups in total. The highest BCUT2D eigenvalue weighted by Crippen LogP contribution is 2.23. The van der Waals surface area contributed by atoms with Gasteiger partial charge < -0.3 is 11.1 Å². The van der Waals surface area contributed by atoms with Crippen LogP contribution in [0.15, 0.2) is 66.9 Å². The van der Waals surface area contributed by atoms with Crippen molar-refractivity contribution in [3.63, 3.8) is 0 Å². The number of nitrogens with zero attached hydrogens (tertiary/aromatic N) is 1. The van der Waals surface area contributed by atoms with E-state index in [0.29, 0.717) is 23.6 Å². The first-order chi connectivity index (χ1) is 11.3. The lowest BCUT2D eigenvalue weighted by Gasteiger charge is -2.09. The number of aromatic nitrogens is 1. The van der Waals surface area contributed by atoms with Gasteiger partial charge in [-0.25, -0.2) is 4.98 Å². The summed E-state index contributed by atoms with van der Waals surface area (Å²) in [7, 11) is 0. The van der Waals surface area contributed by atoms with Crippen LogP contribution in [0.2, 0.25) is 0 Å². The van der Waals surface area contributed by atoms with E-state index in [2.05, 4.69) is 10.3 Å². The van der Waals surface area contributed by atoms with Gasteiger partial charge in [-0.15, -0.1) is 0 Å². The molecule has 3 aromatic rings. The zero-order chi connectivity index (χ0) is 16.1. The van der Waals surface area contributed by atoms with E-state index in [0.717, 1.165) is 23.0 Å². The zero-order valence-corrected chi connectivity index (χ0v) is 12.6. The van der Waals surface area contributed by atoms with Crippen molar-refractivity contribution in [3.8, 4) is 11.1 Å². The molecular weight excluding hydrogens is 286 g/mol. The molecule has 0 aliphatic heterocycles. The molecule has 2 aromatic carbocycles. The Hall–Kier alpha value is -3.14. The smallest absolute Gasteiger partial charge is 0.150 e. The van der Waals surface area contributed by atoms with Crippen LogP contribution in [0.1, 0.15) is 15.9 Å². The molecule has 0 amide bonds. The molecule has 4 heteroatoms. The third-order valence-corrected chi connectivity index (χ3v) is 3.65. The third kappa shape index (κ3) is 3.37. The lowest BCUT2D eigenvalue weighted by Crippen LogP contribution is -2.04. The van der Waals surface area contributed by atoms with Crippen LogP contribution in [0.25, 0.3) is 11.1 Å². The Bertz CT molecular complexity index is 813. The highest BCUT2D eigenvalue weighted by atomic mass is 16.1. The fourth-order valence-electron chi connectivity index (χ4n) is 2.42. The third-order valence-electron chi connectivity index (χ3n) is 3.65. The van der Waals surface area contributed by atoms with Crippen LogP contribution >= 0.6 is 0 Å². The molecule has 1 heterocycles. The molecule has 3 rings (SSSR count). The van der Waals surface area contributed by atoms with Gasteiger partial charge in [0.25, 0.3) is 0 Å². The summed E-state index contributed by atoms with van der Waals surface area (Å²) in [6, 6.07) is 19.3. The lowest BCUT2D eigenvalue weighted by atomic mass is 9.99. The summed E-state index contributed by atoms with van der Waals surface area (Å²) in [4.78, 5) is 15.3. The Kier molecular flexibility index (Phi) is 4.34. The standard InChI is InChI=1S/C19H17N3O/c20-18-6-3-11-21-19(18)22-12-14-7-9-15(10-8-14)17-5-2-1-4-16(17)13-23/h1-11,13H,12,20H2,(H,21,22). The summed E-state index contributed by atoms with van der Waals surface area (Å²) in [6.45, 7) is 0.636. The molecule has 0 unspecified atom stereocenters. The topological polar surface area (TPSA) is 68.0 Å². The van der Waals surface area contributed by atoms with Crippen LogP contribution in [0.5, 0.6) is 0 Å². The number of nitrogens with two attached hydrogens (primary N) is 1. The van der Waals surface area contributed by atoms with E-state index in [-0.39, 0.29) is 0 Å². The molecule has 0 saturated carbocycles. The van der Waals surface area contributed by atoms with E-state index in [9.17, 15) is 4.79 Å². The zero-order valence-electron chi connectivity index (χ0n) is 12.6. The van der Waals surface area contributed by atoms with Gasteiger partial charge in [0, 0.05) is 18.3 Å². The first-order valence-electron chi connectivity index (χ1n) is 7.36. The van der Waals surface area contributed by atoms with Crippen LogP contribution in [-0.2, 0) is 6.54 Å². The molecule has 4 nitrogen and oxygen atoms in total. The summed E-state index contributed by atoms with van der Waals surface area (Å²) in [5.74, 6) is 0.683. The maximum atomic E-state index is 11.1. The van der Waals surface area contributed by atoms with Gasteiger partial charge >= 0.3 is 0 Å². The van der Waals surface area contributed by atoms with Crippen molar-refractivity contribution in [2.75, 3.05) is 11.1 Å². The molecule has 23 heavy (non-hydrogen) atoms. The normalized spacial score (nSPS) is 10.3. The molecule has 1 aromatic heterocycles. The molecule has 114 valence electrons. The van der Waals surface area contributed by atoms with Crippen molar-refractivity contribution in [2.24, 2.45) is 0 Å². The van der Waals surface area contributed by atoms with Gasteiger partial charge in [0.2, 0.25) is 0 Å². The van der Waals surface area contributed by atoms with Crippen LogP contribution in [0.3, 0.4) is 0 Å². The minimum atomic E-state index is 0.629. The molecule has 0 bridgehead atoms. The molecule has 0 atom stereocenters. The molecule has 0 spiro atoms. The number of benzene rings is 2. The largest absolute Gasteiger partial charge is 0.396 e. The highest BCUT2D eigenvalue weighted by Gasteiger charge is 2.04. The molecule has 0 radical (unpaired) electrons. The maximum Gasteiger partial charge on any atom is 0.150 e. The summed E-state index contributed by atoms with van der Waals surface area (Å²) < 4.78 is 0. The van der Waals surface area contributed by atoms with E-state index in [1.807, 2.05) is 54.6 Å². The van der Waals surface area contributed by atoms with Crippen molar-refractivity contribution in [2.45, 2.75) is 6.54 Å². The van der Waals surface area contributed by atoms with Crippen LogP contribution < -0.4 is 11.1 Å². The van der Waals surface area contributed by atoms with Gasteiger partial charge in [-0.3, -0.25) is 4.79 Å². The number of aldehydes is 1. The van der Waals surface area contributed by atoms with Crippen molar-refractivity contribution >= 4 is 17.8 Å². The van der Waals surface area contributed by atoms with Crippen LogP contribution in [0, 0.1) is 0 Å². The van der Waals surface area contributed by atoms with Crippen molar-refractivity contribution in [1.82, 2.24) is 4.98 Å². The van der Waals surface area contributed by atoms with Gasteiger partial charge in [-0.1, -0.05) is 48.5 Å². The Balaban J connectivity index is 1.75. The molecule has 0 saturated heterocycles. The number of nitrogens with one attached hydrogen (secondary N) is 1. The predicted molar refractivity (Wildman–Crippen MR) is 93.2 cm³/mol. The second-order valence-electron chi connectivity index (χ2n) is 5.20. The SMILES string of the molecule is Nc1cccnc1NCc1ccc(-c2ccccc2C=O)cc1. The van der Waals surface area contributed by atoms with E-state index < -0.39 is 0 Å². The molecule has 0 aliphatic carbocycles. The Morgan fingerprint density at radius 1 is 1.00 bits per heavy atom. The van der Waals surface area contributed by atoms with Gasteiger partial charge in [-0.2, -0.15) is 0 Å². The number of hydrogen-bond donors (Lipinski definition) is 2. The molecule has 0 fully saturated rings. The second-order valence-corrected chi connectivity index (χ2v) is 5.20. The second kappa shape index (κ2) is 6.75. The molecular formula is C19H17N3O. The Labute approximate surface area is 135 Å². The van der Waals surface area contributed by atoms with E-state index in [1.54, 1.807) is 12.3 Å².